The van der Waals surface area contributed by atoms with E-state index in [1.54, 1.807) is 50.2 Å². The van der Waals surface area contributed by atoms with Crippen LogP contribution in [0.3, 0.4) is 0 Å². The maximum Gasteiger partial charge on any atom is 0.357 e. The number of ether oxygens (including phenoxy) is 2. The molecule has 0 spiro atoms. The minimum Gasteiger partial charge on any atom is -0.492 e. The molecule has 0 aliphatic carbocycles. The molecule has 2 aromatic rings. The van der Waals surface area contributed by atoms with Crippen molar-refractivity contribution in [3.63, 3.8) is 0 Å². The summed E-state index contributed by atoms with van der Waals surface area (Å²) in [4.78, 5) is 18.1. The molecule has 164 valence electrons. The van der Waals surface area contributed by atoms with Gasteiger partial charge in [0.05, 0.1) is 12.2 Å². The minimum atomic E-state index is -1.18. The first kappa shape index (κ1) is 22.7. The lowest BCUT2D eigenvalue weighted by atomic mass is 9.96. The monoisotopic (exact) mass is 425 g/mol. The molecule has 31 heavy (non-hydrogen) atoms. The maximum atomic E-state index is 13.8. The molecule has 0 radical (unpaired) electrons. The molecule has 1 aliphatic heterocycles. The second-order valence-corrected chi connectivity index (χ2v) is 8.48. The van der Waals surface area contributed by atoms with E-state index in [4.69, 9.17) is 9.47 Å². The molecule has 1 aromatic carbocycles. The Morgan fingerprint density at radius 1 is 1.29 bits per heavy atom. The van der Waals surface area contributed by atoms with Gasteiger partial charge < -0.3 is 14.4 Å². The number of alkyl halides is 1. The van der Waals surface area contributed by atoms with Crippen molar-refractivity contribution in [2.75, 3.05) is 26.2 Å². The van der Waals surface area contributed by atoms with Gasteiger partial charge in [0.15, 0.2) is 0 Å². The Labute approximate surface area is 182 Å². The van der Waals surface area contributed by atoms with Crippen molar-refractivity contribution in [3.05, 3.63) is 59.4 Å². The summed E-state index contributed by atoms with van der Waals surface area (Å²) < 4.78 is 25.0. The van der Waals surface area contributed by atoms with Crippen LogP contribution in [0.4, 0.5) is 4.39 Å². The first-order valence-electron chi connectivity index (χ1n) is 10.5. The van der Waals surface area contributed by atoms with E-state index in [0.29, 0.717) is 35.9 Å². The van der Waals surface area contributed by atoms with Crippen molar-refractivity contribution in [1.29, 1.82) is 5.26 Å². The lowest BCUT2D eigenvalue weighted by Gasteiger charge is -2.34. The molecule has 0 bridgehead atoms. The SMILES string of the molecule is CC(C)(F)CN1CCC(COc2ccc(COC(=O)c3ccccn3)cc2C#N)CC1. The van der Waals surface area contributed by atoms with Crippen LogP contribution in [-0.4, -0.2) is 47.8 Å². The van der Waals surface area contributed by atoms with Gasteiger partial charge in [-0.15, -0.1) is 0 Å². The van der Waals surface area contributed by atoms with Crippen LogP contribution >= 0.6 is 0 Å². The number of carbonyl (C=O) groups is 1. The first-order valence-corrected chi connectivity index (χ1v) is 10.5. The van der Waals surface area contributed by atoms with E-state index in [1.165, 1.54) is 6.20 Å². The Bertz CT molecular complexity index is 914. The molecule has 0 N–H and O–H groups in total. The van der Waals surface area contributed by atoms with Crippen LogP contribution in [0.5, 0.6) is 5.75 Å². The highest BCUT2D eigenvalue weighted by Crippen LogP contribution is 2.24. The number of nitrogens with zero attached hydrogens (tertiary/aromatic N) is 3. The third-order valence-corrected chi connectivity index (χ3v) is 5.19. The smallest absolute Gasteiger partial charge is 0.357 e. The number of hydrogen-bond acceptors (Lipinski definition) is 6. The molecule has 6 nitrogen and oxygen atoms in total. The molecule has 0 unspecified atom stereocenters. The second kappa shape index (κ2) is 10.4. The van der Waals surface area contributed by atoms with E-state index in [9.17, 15) is 14.4 Å². The predicted octanol–water partition coefficient (Wildman–Crippen LogP) is 4.15. The van der Waals surface area contributed by atoms with E-state index < -0.39 is 11.6 Å². The maximum absolute atomic E-state index is 13.8. The number of piperidine rings is 1. The summed E-state index contributed by atoms with van der Waals surface area (Å²) in [5.41, 5.74) is 0.168. The fourth-order valence-electron chi connectivity index (χ4n) is 3.64. The third kappa shape index (κ3) is 7.04. The number of carbonyl (C=O) groups excluding carboxylic acids is 1. The normalized spacial score (nSPS) is 15.3. The van der Waals surface area contributed by atoms with Gasteiger partial charge in [-0.05, 0) is 75.5 Å². The van der Waals surface area contributed by atoms with Crippen LogP contribution in [0.1, 0.15) is 48.3 Å². The molecule has 3 rings (SSSR count). The Kier molecular flexibility index (Phi) is 7.59. The number of halogens is 1. The number of benzene rings is 1. The fourth-order valence-corrected chi connectivity index (χ4v) is 3.64. The van der Waals surface area contributed by atoms with Gasteiger partial charge in [0.1, 0.15) is 29.8 Å². The number of nitriles is 1. The molecule has 1 aliphatic rings. The van der Waals surface area contributed by atoms with Gasteiger partial charge in [-0.2, -0.15) is 5.26 Å². The van der Waals surface area contributed by atoms with Crippen molar-refractivity contribution in [1.82, 2.24) is 9.88 Å². The Morgan fingerprint density at radius 3 is 2.71 bits per heavy atom. The van der Waals surface area contributed by atoms with E-state index in [1.807, 2.05) is 0 Å². The summed E-state index contributed by atoms with van der Waals surface area (Å²) in [6.07, 6.45) is 3.42. The molecule has 0 saturated carbocycles. The number of aromatic nitrogens is 1. The fraction of sp³-hybridized carbons (Fsp3) is 0.458. The molecule has 1 saturated heterocycles. The summed E-state index contributed by atoms with van der Waals surface area (Å²) in [5.74, 6) is 0.390. The van der Waals surface area contributed by atoms with Gasteiger partial charge in [-0.1, -0.05) is 12.1 Å². The average molecular weight is 426 g/mol. The summed E-state index contributed by atoms with van der Waals surface area (Å²) in [6.45, 7) is 5.94. The number of pyridine rings is 1. The van der Waals surface area contributed by atoms with Crippen LogP contribution in [0.25, 0.3) is 0 Å². The largest absolute Gasteiger partial charge is 0.492 e. The topological polar surface area (TPSA) is 75.5 Å². The van der Waals surface area contributed by atoms with Gasteiger partial charge in [0.25, 0.3) is 0 Å². The first-order chi connectivity index (χ1) is 14.8. The van der Waals surface area contributed by atoms with Crippen LogP contribution < -0.4 is 4.74 Å². The minimum absolute atomic E-state index is 0.0494. The zero-order valence-corrected chi connectivity index (χ0v) is 18.0. The molecule has 7 heteroatoms. The van der Waals surface area contributed by atoms with Crippen LogP contribution in [-0.2, 0) is 11.3 Å². The summed E-state index contributed by atoms with van der Waals surface area (Å²) in [5, 5.41) is 9.49. The molecular formula is C24H28FN3O3. The Balaban J connectivity index is 1.49. The van der Waals surface area contributed by atoms with E-state index in [2.05, 4.69) is 16.0 Å². The van der Waals surface area contributed by atoms with Crippen molar-refractivity contribution in [3.8, 4) is 11.8 Å². The molecule has 1 aromatic heterocycles. The lowest BCUT2D eigenvalue weighted by Crippen LogP contribution is -2.41. The van der Waals surface area contributed by atoms with Gasteiger partial charge in [-0.25, -0.2) is 14.2 Å². The van der Waals surface area contributed by atoms with Crippen molar-refractivity contribution < 1.29 is 18.7 Å². The van der Waals surface area contributed by atoms with Gasteiger partial charge in [0, 0.05) is 12.7 Å². The highest BCUT2D eigenvalue weighted by atomic mass is 19.1. The van der Waals surface area contributed by atoms with Crippen LogP contribution in [0, 0.1) is 17.2 Å². The van der Waals surface area contributed by atoms with Crippen molar-refractivity contribution >= 4 is 5.97 Å². The van der Waals surface area contributed by atoms with Crippen molar-refractivity contribution in [2.24, 2.45) is 5.92 Å². The van der Waals surface area contributed by atoms with Crippen molar-refractivity contribution in [2.45, 2.75) is 39.0 Å². The second-order valence-electron chi connectivity index (χ2n) is 8.48. The van der Waals surface area contributed by atoms with E-state index >= 15 is 0 Å². The Morgan fingerprint density at radius 2 is 2.06 bits per heavy atom. The van der Waals surface area contributed by atoms with Crippen LogP contribution in [0.2, 0.25) is 0 Å². The summed E-state index contributed by atoms with van der Waals surface area (Å²) in [7, 11) is 0. The predicted molar refractivity (Wildman–Crippen MR) is 114 cm³/mol. The summed E-state index contributed by atoms with van der Waals surface area (Å²) in [6, 6.07) is 12.4. The quantitative estimate of drug-likeness (QED) is 0.592. The molecule has 0 amide bonds. The Hall–Kier alpha value is -2.98. The molecule has 1 fully saturated rings. The highest BCUT2D eigenvalue weighted by Gasteiger charge is 2.25. The van der Waals surface area contributed by atoms with E-state index in [0.717, 1.165) is 25.9 Å². The lowest BCUT2D eigenvalue weighted by molar-refractivity contribution is 0.0465. The van der Waals surface area contributed by atoms with E-state index in [-0.39, 0.29) is 12.3 Å². The zero-order valence-electron chi connectivity index (χ0n) is 18.0. The van der Waals surface area contributed by atoms with Gasteiger partial charge in [0.2, 0.25) is 0 Å². The van der Waals surface area contributed by atoms with Gasteiger partial charge in [-0.3, -0.25) is 0 Å². The number of likely N-dealkylation sites (tertiary alicyclic amines) is 1. The third-order valence-electron chi connectivity index (χ3n) is 5.19. The molecule has 2 heterocycles. The number of esters is 1. The zero-order chi connectivity index (χ0) is 22.3. The highest BCUT2D eigenvalue weighted by molar-refractivity contribution is 5.87. The van der Waals surface area contributed by atoms with Crippen LogP contribution in [0.15, 0.2) is 42.6 Å². The molecular weight excluding hydrogens is 397 g/mol. The number of hydrogen-bond donors (Lipinski definition) is 0. The summed E-state index contributed by atoms with van der Waals surface area (Å²) >= 11 is 0. The molecule has 0 atom stereocenters. The number of rotatable bonds is 8. The average Bonchev–Trinajstić information content (AvgIpc) is 2.76. The van der Waals surface area contributed by atoms with Gasteiger partial charge >= 0.3 is 5.97 Å². The standard InChI is InChI=1S/C24H28FN3O3/c1-24(2,25)17-28-11-8-18(9-12-28)15-30-22-7-6-19(13-20(22)14-26)16-31-23(29)21-5-3-4-10-27-21/h3-7,10,13,18H,8-9,11-12,15-17H2,1-2H3.